The minimum Gasteiger partial charge on any atom is -0.431 e. The molecule has 12 heteroatoms. The van der Waals surface area contributed by atoms with Crippen molar-refractivity contribution in [2.24, 2.45) is 0 Å². The number of carbonyl (C=O) groups excluding carboxylic acids is 2. The fourth-order valence-electron chi connectivity index (χ4n) is 3.70. The highest BCUT2D eigenvalue weighted by molar-refractivity contribution is 6.48. The fourth-order valence-corrected chi connectivity index (χ4v) is 7.36. The largest absolute Gasteiger partial charge is 0.431 e. The molecule has 29 heavy (non-hydrogen) atoms. The molecule has 0 radical (unpaired) electrons. The summed E-state index contributed by atoms with van der Waals surface area (Å²) < 4.78 is 44.3. The number of hydrogen-bond donors (Lipinski definition) is 0. The first-order chi connectivity index (χ1) is 13.9. The van der Waals surface area contributed by atoms with Gasteiger partial charge in [-0.05, 0) is 25.7 Å². The van der Waals surface area contributed by atoms with Crippen molar-refractivity contribution < 1.29 is 46.2 Å². The van der Waals surface area contributed by atoms with Crippen molar-refractivity contribution in [3.05, 3.63) is 0 Å². The van der Waals surface area contributed by atoms with Crippen molar-refractivity contribution in [1.82, 2.24) is 0 Å². The second kappa shape index (κ2) is 11.5. The van der Waals surface area contributed by atoms with Gasteiger partial charge in [0.2, 0.25) is 10.8 Å². The van der Waals surface area contributed by atoms with Crippen LogP contribution in [0.2, 0.25) is 0 Å². The van der Waals surface area contributed by atoms with E-state index in [2.05, 4.69) is 0 Å². The first-order valence-electron chi connectivity index (χ1n) is 9.78. The number of rotatable bonds is 10. The highest BCUT2D eigenvalue weighted by Gasteiger charge is 2.51. The normalized spacial score (nSPS) is 27.8. The van der Waals surface area contributed by atoms with Crippen molar-refractivity contribution >= 4 is 30.5 Å². The lowest BCUT2D eigenvalue weighted by Gasteiger charge is -2.40. The zero-order chi connectivity index (χ0) is 21.3. The Morgan fingerprint density at radius 3 is 1.38 bits per heavy atom. The van der Waals surface area contributed by atoms with Crippen LogP contribution < -0.4 is 0 Å². The first-order valence-corrected chi connectivity index (χ1v) is 12.8. The van der Waals surface area contributed by atoms with Crippen LogP contribution in [0.3, 0.4) is 0 Å². The molecule has 0 aromatic heterocycles. The fraction of sp³-hybridized carbons (Fsp3) is 0.882. The third-order valence-electron chi connectivity index (χ3n) is 4.97. The number of esters is 2. The molecule has 0 amide bonds. The van der Waals surface area contributed by atoms with Gasteiger partial charge in [0.15, 0.2) is 0 Å². The van der Waals surface area contributed by atoms with Crippen LogP contribution in [0.4, 0.5) is 0 Å². The molecular formula is C17H32O10Si2. The third-order valence-corrected chi connectivity index (χ3v) is 9.26. The molecule has 2 heterocycles. The molecular weight excluding hydrogens is 420 g/mol. The van der Waals surface area contributed by atoms with Crippen LogP contribution in [0, 0.1) is 0 Å². The van der Waals surface area contributed by atoms with Gasteiger partial charge in [0.1, 0.15) is 6.42 Å². The molecule has 0 bridgehead atoms. The Bertz CT molecular complexity index is 480. The summed E-state index contributed by atoms with van der Waals surface area (Å²) in [5, 5.41) is 0. The Hall–Kier alpha value is -0.866. The summed E-state index contributed by atoms with van der Waals surface area (Å²) >= 11 is 0. The van der Waals surface area contributed by atoms with Crippen LogP contribution in [-0.4, -0.2) is 83.0 Å². The second-order valence-electron chi connectivity index (χ2n) is 6.97. The number of hydrogen-bond acceptors (Lipinski definition) is 10. The third kappa shape index (κ3) is 6.07. The van der Waals surface area contributed by atoms with Crippen molar-refractivity contribution in [3.63, 3.8) is 0 Å². The predicted octanol–water partition coefficient (Wildman–Crippen LogP) is 0.362. The van der Waals surface area contributed by atoms with Gasteiger partial charge in [0.25, 0.3) is 0 Å². The average molecular weight is 453 g/mol. The molecule has 2 aliphatic rings. The van der Waals surface area contributed by atoms with Crippen LogP contribution in [0.1, 0.15) is 44.9 Å². The summed E-state index contributed by atoms with van der Waals surface area (Å²) in [5.41, 5.74) is -2.51. The lowest BCUT2D eigenvalue weighted by atomic mass is 10.2. The monoisotopic (exact) mass is 452 g/mol. The molecule has 10 nitrogen and oxygen atoms in total. The SMILES string of the molecule is CO[SiH](OC)C1(OC(=O)CC(=O)OC2([SiH](OC)OC)CCCCO2)CCCCO1. The number of ether oxygens (including phenoxy) is 4. The molecule has 0 spiro atoms. The molecule has 2 atom stereocenters. The Kier molecular flexibility index (Phi) is 9.68. The van der Waals surface area contributed by atoms with Gasteiger partial charge in [-0.1, -0.05) is 0 Å². The van der Waals surface area contributed by atoms with Crippen molar-refractivity contribution in [2.45, 2.75) is 55.8 Å². The van der Waals surface area contributed by atoms with E-state index in [0.717, 1.165) is 25.7 Å². The zero-order valence-corrected chi connectivity index (χ0v) is 19.9. The Balaban J connectivity index is 2.03. The molecule has 0 aromatic carbocycles. The average Bonchev–Trinajstić information content (AvgIpc) is 2.70. The summed E-state index contributed by atoms with van der Waals surface area (Å²) in [5.74, 6) is -1.52. The van der Waals surface area contributed by atoms with Crippen LogP contribution in [0.5, 0.6) is 0 Å². The van der Waals surface area contributed by atoms with Gasteiger partial charge in [-0.15, -0.1) is 0 Å². The maximum absolute atomic E-state index is 12.5. The van der Waals surface area contributed by atoms with E-state index in [0.29, 0.717) is 26.1 Å². The van der Waals surface area contributed by atoms with Gasteiger partial charge in [-0.3, -0.25) is 9.59 Å². The standard InChI is InChI=1S/C17H32O10Si2/c1-20-28(21-2)16(9-5-7-11-24-16)26-14(18)13-15(19)27-17(29(22-3)23-4)10-6-8-12-25-17/h28-29H,5-13H2,1-4H3. The predicted molar refractivity (Wildman–Crippen MR) is 104 cm³/mol. The Labute approximate surface area is 174 Å². The first kappa shape index (κ1) is 24.4. The lowest BCUT2D eigenvalue weighted by molar-refractivity contribution is -0.227. The van der Waals surface area contributed by atoms with Crippen molar-refractivity contribution in [2.75, 3.05) is 41.7 Å². The molecule has 0 aromatic rings. The minimum atomic E-state index is -2.46. The van der Waals surface area contributed by atoms with E-state index >= 15 is 0 Å². The van der Waals surface area contributed by atoms with E-state index in [4.69, 9.17) is 36.7 Å². The lowest BCUT2D eigenvalue weighted by Crippen LogP contribution is -2.57. The minimum absolute atomic E-state index is 0.430. The second-order valence-corrected chi connectivity index (χ2v) is 11.9. The molecule has 2 saturated heterocycles. The van der Waals surface area contributed by atoms with E-state index in [1.54, 1.807) is 0 Å². The maximum Gasteiger partial charge on any atom is 0.399 e. The topological polar surface area (TPSA) is 108 Å². The highest BCUT2D eigenvalue weighted by Crippen LogP contribution is 2.32. The van der Waals surface area contributed by atoms with Gasteiger partial charge < -0.3 is 36.7 Å². The Morgan fingerprint density at radius 1 is 0.724 bits per heavy atom. The van der Waals surface area contributed by atoms with Gasteiger partial charge in [0.05, 0.1) is 13.2 Å². The van der Waals surface area contributed by atoms with Crippen molar-refractivity contribution in [1.29, 1.82) is 0 Å². The van der Waals surface area contributed by atoms with Gasteiger partial charge in [-0.2, -0.15) is 0 Å². The van der Waals surface area contributed by atoms with Crippen molar-refractivity contribution in [3.8, 4) is 0 Å². The summed E-state index contributed by atoms with van der Waals surface area (Å²) in [6.45, 7) is 0.861. The molecule has 168 valence electrons. The molecule has 0 N–H and O–H groups in total. The summed E-state index contributed by atoms with van der Waals surface area (Å²) in [7, 11) is 1.05. The van der Waals surface area contributed by atoms with E-state index in [1.165, 1.54) is 28.4 Å². The zero-order valence-electron chi connectivity index (χ0n) is 17.6. The Morgan fingerprint density at radius 2 is 1.10 bits per heavy atom. The highest BCUT2D eigenvalue weighted by atomic mass is 28.3. The van der Waals surface area contributed by atoms with E-state index in [1.807, 2.05) is 0 Å². The van der Waals surface area contributed by atoms with Crippen LogP contribution >= 0.6 is 0 Å². The summed E-state index contributed by atoms with van der Waals surface area (Å²) in [6.07, 6.45) is 3.66. The molecule has 0 aliphatic carbocycles. The van der Waals surface area contributed by atoms with Crippen LogP contribution in [0.15, 0.2) is 0 Å². The van der Waals surface area contributed by atoms with E-state index in [-0.39, 0.29) is 0 Å². The van der Waals surface area contributed by atoms with Crippen LogP contribution in [-0.2, 0) is 46.2 Å². The molecule has 0 saturated carbocycles. The number of carbonyl (C=O) groups is 2. The molecule has 2 aliphatic heterocycles. The van der Waals surface area contributed by atoms with Crippen LogP contribution in [0.25, 0.3) is 0 Å². The molecule has 2 rings (SSSR count). The van der Waals surface area contributed by atoms with E-state index < -0.39 is 47.7 Å². The van der Waals surface area contributed by atoms with Gasteiger partial charge in [0, 0.05) is 41.3 Å². The maximum atomic E-state index is 12.5. The van der Waals surface area contributed by atoms with Gasteiger partial charge in [-0.25, -0.2) is 0 Å². The molecule has 2 unspecified atom stereocenters. The summed E-state index contributed by atoms with van der Waals surface area (Å²) in [4.78, 5) is 25.1. The van der Waals surface area contributed by atoms with E-state index in [9.17, 15) is 9.59 Å². The van der Waals surface area contributed by atoms with Gasteiger partial charge >= 0.3 is 30.5 Å². The smallest absolute Gasteiger partial charge is 0.399 e. The summed E-state index contributed by atoms with van der Waals surface area (Å²) in [6, 6.07) is 0. The quantitative estimate of drug-likeness (QED) is 0.262. The molecule has 2 fully saturated rings.